The summed E-state index contributed by atoms with van der Waals surface area (Å²) < 4.78 is 9.14. The second-order valence-corrected chi connectivity index (χ2v) is 3.49. The third kappa shape index (κ3) is 2.53. The van der Waals surface area contributed by atoms with Gasteiger partial charge in [-0.1, -0.05) is 0 Å². The molecule has 1 rings (SSSR count). The highest BCUT2D eigenvalue weighted by Crippen LogP contribution is 2.21. The number of carbonyl (C=O) groups is 2. The van der Waals surface area contributed by atoms with Gasteiger partial charge in [0.2, 0.25) is 0 Å². The number of rotatable bonds is 3. The SMILES string of the molecule is COC(=O)c1ccc(C(=O)OC)c(SN)c1. The van der Waals surface area contributed by atoms with Gasteiger partial charge in [-0.25, -0.2) is 9.59 Å². The van der Waals surface area contributed by atoms with Crippen LogP contribution in [0.25, 0.3) is 0 Å². The lowest BCUT2D eigenvalue weighted by Crippen LogP contribution is -2.07. The van der Waals surface area contributed by atoms with Crippen molar-refractivity contribution in [3.8, 4) is 0 Å². The summed E-state index contributed by atoms with van der Waals surface area (Å²) in [5, 5.41) is 5.41. The highest BCUT2D eigenvalue weighted by Gasteiger charge is 2.14. The first-order valence-electron chi connectivity index (χ1n) is 4.31. The quantitative estimate of drug-likeness (QED) is 0.633. The summed E-state index contributed by atoms with van der Waals surface area (Å²) >= 11 is 0.873. The van der Waals surface area contributed by atoms with Crippen molar-refractivity contribution in [1.82, 2.24) is 0 Å². The van der Waals surface area contributed by atoms with Gasteiger partial charge < -0.3 is 9.47 Å². The third-order valence-corrected chi connectivity index (χ3v) is 2.53. The maximum absolute atomic E-state index is 11.3. The van der Waals surface area contributed by atoms with Crippen LogP contribution in [0, 0.1) is 0 Å². The van der Waals surface area contributed by atoms with E-state index < -0.39 is 11.9 Å². The van der Waals surface area contributed by atoms with Gasteiger partial charge in [0.15, 0.2) is 0 Å². The van der Waals surface area contributed by atoms with E-state index in [0.717, 1.165) is 11.9 Å². The number of esters is 2. The molecule has 0 aromatic heterocycles. The molecule has 0 unspecified atom stereocenters. The lowest BCUT2D eigenvalue weighted by molar-refractivity contribution is 0.0583. The molecule has 0 amide bonds. The van der Waals surface area contributed by atoms with Crippen LogP contribution in [0.3, 0.4) is 0 Å². The molecule has 0 aliphatic heterocycles. The molecule has 0 atom stereocenters. The molecule has 1 aromatic carbocycles. The van der Waals surface area contributed by atoms with Crippen LogP contribution in [-0.2, 0) is 9.47 Å². The first kappa shape index (κ1) is 12.5. The Morgan fingerprint density at radius 3 is 2.31 bits per heavy atom. The Kier molecular flexibility index (Phi) is 4.33. The van der Waals surface area contributed by atoms with E-state index in [1.165, 1.54) is 32.4 Å². The Bertz CT molecular complexity index is 419. The number of nitrogens with two attached hydrogens (primary N) is 1. The number of hydrogen-bond donors (Lipinski definition) is 1. The fourth-order valence-corrected chi connectivity index (χ4v) is 1.62. The molecule has 0 heterocycles. The number of ether oxygens (including phenoxy) is 2. The molecule has 0 aliphatic rings. The van der Waals surface area contributed by atoms with Crippen LogP contribution in [0.15, 0.2) is 23.1 Å². The fourth-order valence-electron chi connectivity index (χ4n) is 1.14. The van der Waals surface area contributed by atoms with E-state index in [-0.39, 0.29) is 0 Å². The largest absolute Gasteiger partial charge is 0.465 e. The fraction of sp³-hybridized carbons (Fsp3) is 0.200. The van der Waals surface area contributed by atoms with Crippen molar-refractivity contribution >= 4 is 23.9 Å². The van der Waals surface area contributed by atoms with Crippen LogP contribution < -0.4 is 5.14 Å². The minimum atomic E-state index is -0.496. The summed E-state index contributed by atoms with van der Waals surface area (Å²) in [7, 11) is 2.56. The zero-order valence-corrected chi connectivity index (χ0v) is 9.67. The van der Waals surface area contributed by atoms with E-state index in [0.29, 0.717) is 16.0 Å². The van der Waals surface area contributed by atoms with E-state index in [9.17, 15) is 9.59 Å². The van der Waals surface area contributed by atoms with E-state index in [4.69, 9.17) is 5.14 Å². The Labute approximate surface area is 97.0 Å². The molecule has 0 fully saturated rings. The second kappa shape index (κ2) is 5.53. The highest BCUT2D eigenvalue weighted by molar-refractivity contribution is 7.97. The monoisotopic (exact) mass is 241 g/mol. The molecule has 0 aliphatic carbocycles. The van der Waals surface area contributed by atoms with Gasteiger partial charge in [-0.05, 0) is 30.1 Å². The van der Waals surface area contributed by atoms with Crippen molar-refractivity contribution in [2.24, 2.45) is 5.14 Å². The third-order valence-electron chi connectivity index (χ3n) is 1.93. The van der Waals surface area contributed by atoms with Crippen LogP contribution >= 0.6 is 11.9 Å². The molecule has 16 heavy (non-hydrogen) atoms. The molecule has 86 valence electrons. The molecule has 0 bridgehead atoms. The standard InChI is InChI=1S/C10H11NO4S/c1-14-9(12)6-3-4-7(10(13)15-2)8(5-6)16-11/h3-5H,11H2,1-2H3. The predicted octanol–water partition coefficient (Wildman–Crippen LogP) is 1.23. The Hall–Kier alpha value is -1.53. The average molecular weight is 241 g/mol. The van der Waals surface area contributed by atoms with Gasteiger partial charge in [0.25, 0.3) is 0 Å². The molecule has 0 spiro atoms. The summed E-state index contributed by atoms with van der Waals surface area (Å²) in [5.41, 5.74) is 0.658. The number of carbonyl (C=O) groups excluding carboxylic acids is 2. The lowest BCUT2D eigenvalue weighted by atomic mass is 10.1. The van der Waals surface area contributed by atoms with Crippen LogP contribution in [0.4, 0.5) is 0 Å². The summed E-state index contributed by atoms with van der Waals surface area (Å²) in [6.45, 7) is 0. The van der Waals surface area contributed by atoms with Crippen molar-refractivity contribution in [2.45, 2.75) is 4.90 Å². The maximum atomic E-state index is 11.3. The normalized spacial score (nSPS) is 9.69. The lowest BCUT2D eigenvalue weighted by Gasteiger charge is -2.06. The van der Waals surface area contributed by atoms with E-state index in [2.05, 4.69) is 9.47 Å². The summed E-state index contributed by atoms with van der Waals surface area (Å²) in [4.78, 5) is 23.0. The van der Waals surface area contributed by atoms with Crippen LogP contribution in [0.1, 0.15) is 20.7 Å². The Balaban J connectivity index is 3.16. The minimum Gasteiger partial charge on any atom is -0.465 e. The first-order valence-corrected chi connectivity index (χ1v) is 5.19. The molecular weight excluding hydrogens is 230 g/mol. The van der Waals surface area contributed by atoms with Gasteiger partial charge in [-0.2, -0.15) is 0 Å². The van der Waals surface area contributed by atoms with Gasteiger partial charge in [0.1, 0.15) is 0 Å². The van der Waals surface area contributed by atoms with Crippen molar-refractivity contribution in [1.29, 1.82) is 0 Å². The van der Waals surface area contributed by atoms with Crippen molar-refractivity contribution < 1.29 is 19.1 Å². The van der Waals surface area contributed by atoms with Crippen molar-refractivity contribution in [2.75, 3.05) is 14.2 Å². The van der Waals surface area contributed by atoms with Gasteiger partial charge >= 0.3 is 11.9 Å². The number of hydrogen-bond acceptors (Lipinski definition) is 6. The molecule has 0 radical (unpaired) electrons. The van der Waals surface area contributed by atoms with Gasteiger partial charge in [0, 0.05) is 4.90 Å². The molecule has 0 saturated carbocycles. The summed E-state index contributed by atoms with van der Waals surface area (Å²) in [6, 6.07) is 4.45. The summed E-state index contributed by atoms with van der Waals surface area (Å²) in [6.07, 6.45) is 0. The maximum Gasteiger partial charge on any atom is 0.339 e. The smallest absolute Gasteiger partial charge is 0.339 e. The van der Waals surface area contributed by atoms with Gasteiger partial charge in [0.05, 0.1) is 25.3 Å². The molecular formula is C10H11NO4S. The van der Waals surface area contributed by atoms with E-state index in [1.54, 1.807) is 0 Å². The molecule has 2 N–H and O–H groups in total. The molecule has 5 nitrogen and oxygen atoms in total. The van der Waals surface area contributed by atoms with Gasteiger partial charge in [-0.3, -0.25) is 5.14 Å². The Morgan fingerprint density at radius 2 is 1.81 bits per heavy atom. The zero-order valence-electron chi connectivity index (χ0n) is 8.85. The van der Waals surface area contributed by atoms with Crippen LogP contribution in [0.2, 0.25) is 0 Å². The molecule has 6 heteroatoms. The highest BCUT2D eigenvalue weighted by atomic mass is 32.2. The second-order valence-electron chi connectivity index (χ2n) is 2.81. The molecule has 1 aromatic rings. The van der Waals surface area contributed by atoms with E-state index >= 15 is 0 Å². The number of benzene rings is 1. The zero-order chi connectivity index (χ0) is 12.1. The minimum absolute atomic E-state index is 0.322. The van der Waals surface area contributed by atoms with Crippen LogP contribution in [-0.4, -0.2) is 26.2 Å². The average Bonchev–Trinajstić information content (AvgIpc) is 2.35. The van der Waals surface area contributed by atoms with Crippen molar-refractivity contribution in [3.63, 3.8) is 0 Å². The van der Waals surface area contributed by atoms with Gasteiger partial charge in [-0.15, -0.1) is 0 Å². The van der Waals surface area contributed by atoms with E-state index in [1.807, 2.05) is 0 Å². The first-order chi connectivity index (χ1) is 7.63. The summed E-state index contributed by atoms with van der Waals surface area (Å²) in [5.74, 6) is -0.976. The number of methoxy groups -OCH3 is 2. The predicted molar refractivity (Wildman–Crippen MR) is 59.2 cm³/mol. The van der Waals surface area contributed by atoms with Crippen molar-refractivity contribution in [3.05, 3.63) is 29.3 Å². The van der Waals surface area contributed by atoms with Crippen LogP contribution in [0.5, 0.6) is 0 Å². The molecule has 0 saturated heterocycles. The Morgan fingerprint density at radius 1 is 1.19 bits per heavy atom. The topological polar surface area (TPSA) is 78.6 Å².